The molecular weight excluding hydrogens is 1380 g/mol. The smallest absolute Gasteiger partial charge is 0.326 e. The predicted octanol–water partition coefficient (Wildman–Crippen LogP) is 12.8. The number of halogens is 4. The van der Waals surface area contributed by atoms with E-state index in [1.165, 1.54) is 16.2 Å². The molecule has 18 atom stereocenters. The first-order valence-electron chi connectivity index (χ1n) is 36.6. The number of rotatable bonds is 8. The van der Waals surface area contributed by atoms with E-state index in [1.807, 2.05) is 52.3 Å². The van der Waals surface area contributed by atoms with Gasteiger partial charge in [-0.15, -0.1) is 0 Å². The molecule has 3 amide bonds. The van der Waals surface area contributed by atoms with Crippen LogP contribution in [0.1, 0.15) is 190 Å². The first-order chi connectivity index (χ1) is 47.8. The van der Waals surface area contributed by atoms with Crippen LogP contribution in [0.5, 0.6) is 11.8 Å². The number of ether oxygens (including phenoxy) is 4. The van der Waals surface area contributed by atoms with Crippen molar-refractivity contribution in [2.24, 2.45) is 81.3 Å². The summed E-state index contributed by atoms with van der Waals surface area (Å²) >= 11 is 12.6. The number of carboxylic acid groups (broad SMARTS) is 1. The quantitative estimate of drug-likeness (QED) is 0.155. The van der Waals surface area contributed by atoms with E-state index in [-0.39, 0.29) is 75.7 Å². The number of aryl methyl sites for hydroxylation is 2. The van der Waals surface area contributed by atoms with Gasteiger partial charge in [-0.2, -0.15) is 0 Å². The zero-order valence-electron chi connectivity index (χ0n) is 58.8. The second kappa shape index (κ2) is 29.2. The number of esters is 2. The SMILES string of the molecule is C.C[C@@H]1[C@@H]2CN(C(=O)[C@H](C(C)(C)C)CC(=O)O[C@@H]3C[C@@H]4C[C@@H]4[C@H]3CCCCCc3nc4ccc(Cl)cc4nc3O2)[C@@H]1C(=O)C[C@]1(C(=O)NS(=O)(=O)C2CC2)C[C@H]1C(F)F.C[C@@H]1[C@@H]2CN(C(=O)[C@H](C(C)(C)C)CC(=O)O[C@@H]3C[C@@H]4C[C@@H]4[C@H]3CCCCCc3nc4ccc(Cl)cc4nc3O2)[C@@H]1C(=O)O. The molecule has 0 radical (unpaired) electrons. The van der Waals surface area contributed by atoms with Crippen LogP contribution >= 0.6 is 23.2 Å². The number of Topliss-reactive ketones (excluding diaryl/α,β-unsaturated/α-hetero) is 1. The minimum absolute atomic E-state index is 0. The van der Waals surface area contributed by atoms with Gasteiger partial charge < -0.3 is 33.9 Å². The molecule has 10 aliphatic rings. The summed E-state index contributed by atoms with van der Waals surface area (Å²) in [6.45, 7) is 14.7. The van der Waals surface area contributed by atoms with Crippen molar-refractivity contribution < 1.29 is 74.8 Å². The molecule has 6 saturated carbocycles. The fraction of sp³-hybridized carbons (Fsp3) is 0.697. The second-order valence-corrected chi connectivity index (χ2v) is 36.0. The van der Waals surface area contributed by atoms with Gasteiger partial charge in [-0.25, -0.2) is 41.9 Å². The van der Waals surface area contributed by atoms with E-state index < -0.39 is 128 Å². The average molecular weight is 1480 g/mol. The van der Waals surface area contributed by atoms with Crippen LogP contribution < -0.4 is 14.2 Å². The molecule has 6 aliphatic carbocycles. The summed E-state index contributed by atoms with van der Waals surface area (Å²) in [5.41, 5.74) is 0.465. The van der Waals surface area contributed by atoms with Gasteiger partial charge in [-0.1, -0.05) is 112 Å². The molecule has 0 spiro atoms. The monoisotopic (exact) mass is 1470 g/mol. The molecule has 0 unspecified atom stereocenters. The number of benzene rings is 2. The van der Waals surface area contributed by atoms with Crippen molar-refractivity contribution in [3.63, 3.8) is 0 Å². The van der Waals surface area contributed by atoms with Crippen LogP contribution in [0.25, 0.3) is 22.1 Å². The molecule has 26 heteroatoms. The van der Waals surface area contributed by atoms with Crippen LogP contribution in [0.3, 0.4) is 0 Å². The van der Waals surface area contributed by atoms with Gasteiger partial charge >= 0.3 is 17.9 Å². The minimum Gasteiger partial charge on any atom is -0.480 e. The van der Waals surface area contributed by atoms with Gasteiger partial charge in [0.15, 0.2) is 5.78 Å². The van der Waals surface area contributed by atoms with Crippen molar-refractivity contribution in [1.82, 2.24) is 34.5 Å². The van der Waals surface area contributed by atoms with Crippen molar-refractivity contribution in [3.05, 3.63) is 57.8 Å². The first-order valence-corrected chi connectivity index (χ1v) is 38.9. The molecule has 2 saturated heterocycles. The Hall–Kier alpha value is -6.40. The molecule has 6 heterocycles. The lowest BCUT2D eigenvalue weighted by Gasteiger charge is -2.35. The number of aliphatic carboxylic acids is 1. The molecule has 4 aliphatic heterocycles. The van der Waals surface area contributed by atoms with Crippen LogP contribution in [0, 0.1) is 81.3 Å². The molecule has 4 aromatic rings. The first kappa shape index (κ1) is 75.3. The molecule has 556 valence electrons. The number of sulfonamides is 1. The van der Waals surface area contributed by atoms with Crippen molar-refractivity contribution in [2.45, 2.75) is 239 Å². The number of carbonyl (C=O) groups is 7. The molecular formula is C76H99Cl2F2N7O14S. The maximum atomic E-state index is 14.9. The van der Waals surface area contributed by atoms with E-state index >= 15 is 0 Å². The lowest BCUT2D eigenvalue weighted by molar-refractivity contribution is -0.160. The van der Waals surface area contributed by atoms with Crippen LogP contribution in [-0.2, 0) is 65.9 Å². The predicted molar refractivity (Wildman–Crippen MR) is 377 cm³/mol. The minimum atomic E-state index is -4.09. The van der Waals surface area contributed by atoms with Gasteiger partial charge in [-0.05, 0) is 166 Å². The van der Waals surface area contributed by atoms with Crippen LogP contribution in [0.15, 0.2) is 36.4 Å². The molecule has 2 aromatic carbocycles. The molecule has 2 aromatic heterocycles. The van der Waals surface area contributed by atoms with Gasteiger partial charge in [0, 0.05) is 34.2 Å². The fourth-order valence-electron chi connectivity index (χ4n) is 17.8. The van der Waals surface area contributed by atoms with Crippen molar-refractivity contribution in [3.8, 4) is 11.8 Å². The molecule has 2 N–H and O–H groups in total. The summed E-state index contributed by atoms with van der Waals surface area (Å²) in [4.78, 5) is 119. The number of hydrogen-bond donors (Lipinski definition) is 2. The zero-order chi connectivity index (χ0) is 72.1. The number of hydrogen-bond acceptors (Lipinski definition) is 17. The summed E-state index contributed by atoms with van der Waals surface area (Å²) in [7, 11) is -4.09. The van der Waals surface area contributed by atoms with Gasteiger partial charge in [0.2, 0.25) is 45.9 Å². The molecule has 102 heavy (non-hydrogen) atoms. The number of ketones is 1. The number of aromatic nitrogens is 4. The maximum Gasteiger partial charge on any atom is 0.326 e. The van der Waals surface area contributed by atoms with Gasteiger partial charge in [0.25, 0.3) is 0 Å². The summed E-state index contributed by atoms with van der Waals surface area (Å²) < 4.78 is 81.6. The highest BCUT2D eigenvalue weighted by Gasteiger charge is 2.67. The zero-order valence-corrected chi connectivity index (χ0v) is 61.2. The van der Waals surface area contributed by atoms with Gasteiger partial charge in [-0.3, -0.25) is 33.5 Å². The standard InChI is InChI=1S/C42H53ClF2N4O8S.C33H42ClN3O6.CH4/c1-21-34-20-49(36(21)32(50)19-42(18-28(42)37(44)45)40(53)48-58(54,55)24-11-12-24)39(52)27(41(2,3)4)17-35(51)56-33-15-22-14-26(22)25(33)8-6-5-7-9-30-38(57-34)47-31-16-23(43)10-13-29(31)46-30;1-17-27-16-37(29(17)32(40)41)31(39)22(33(2,3)4)15-28(38)42-26-13-18-12-21(18)20(26)8-6-5-7-9-24-30(43-27)36-25-14-19(34)10-11-23(25)35-24;/h10,13,16,21-22,24-28,33-34,36-37H,5-9,11-12,14-15,17-20H2,1-4H3,(H,48,53);10-11,14,17-18,20-22,26-27,29H,5-9,12-13,15-16H2,1-4H3,(H,40,41);1H4/t21-,22+,25-,26+,27-,28+,33-,34+,36+,42-;17-,18+,20-,21+,22-,26-,27+,29+;/m11./s1. The molecule has 14 rings (SSSR count). The lowest BCUT2D eigenvalue weighted by atomic mass is 9.77. The summed E-state index contributed by atoms with van der Waals surface area (Å²) in [6.07, 6.45) is 7.38. The van der Waals surface area contributed by atoms with E-state index in [0.29, 0.717) is 93.4 Å². The largest absolute Gasteiger partial charge is 0.480 e. The van der Waals surface area contributed by atoms with E-state index in [4.69, 9.17) is 62.1 Å². The fourth-order valence-corrected chi connectivity index (χ4v) is 19.5. The van der Waals surface area contributed by atoms with Crippen LogP contribution in [-0.4, -0.2) is 146 Å². The van der Waals surface area contributed by atoms with E-state index in [1.54, 1.807) is 44.2 Å². The Morgan fingerprint density at radius 1 is 0.618 bits per heavy atom. The van der Waals surface area contributed by atoms with Crippen molar-refractivity contribution >= 4 is 96.7 Å². The molecule has 21 nitrogen and oxygen atoms in total. The number of nitrogens with zero attached hydrogens (tertiary/aromatic N) is 6. The van der Waals surface area contributed by atoms with E-state index in [9.17, 15) is 55.9 Å². The lowest BCUT2D eigenvalue weighted by Crippen LogP contribution is -2.50. The van der Waals surface area contributed by atoms with E-state index in [2.05, 4.69) is 0 Å². The number of fused-ring (bicyclic) bond motifs is 14. The second-order valence-electron chi connectivity index (χ2n) is 33.2. The maximum absolute atomic E-state index is 14.9. The number of carboxylic acids is 1. The molecule has 4 bridgehead atoms. The Morgan fingerprint density at radius 2 is 1.07 bits per heavy atom. The summed E-state index contributed by atoms with van der Waals surface area (Å²) in [5, 5.41) is 10.5. The topological polar surface area (TPSA) is 281 Å². The third kappa shape index (κ3) is 15.8. The number of alkyl halides is 2. The van der Waals surface area contributed by atoms with E-state index in [0.717, 1.165) is 81.8 Å². The summed E-state index contributed by atoms with van der Waals surface area (Å²) in [5.74, 6) is -5.50. The highest BCUT2D eigenvalue weighted by molar-refractivity contribution is 7.91. The third-order valence-corrected chi connectivity index (χ3v) is 26.4. The average Bonchev–Trinajstić information content (AvgIpc) is 1.57. The number of carbonyl (C=O) groups excluding carboxylic acids is 6. The summed E-state index contributed by atoms with van der Waals surface area (Å²) in [6, 6.07) is 8.22. The Kier molecular flexibility index (Phi) is 21.5. The molecule has 8 fully saturated rings. The Bertz CT molecular complexity index is 4040. The number of amides is 3. The normalized spacial score (nSPS) is 33.6. The Labute approximate surface area is 606 Å². The third-order valence-electron chi connectivity index (χ3n) is 24.1. The van der Waals surface area contributed by atoms with Gasteiger partial charge in [0.1, 0.15) is 41.8 Å². The Morgan fingerprint density at radius 3 is 1.49 bits per heavy atom. The Balaban J connectivity index is 0.000000199. The highest BCUT2D eigenvalue weighted by Crippen LogP contribution is 2.61. The van der Waals surface area contributed by atoms with Gasteiger partial charge in [0.05, 0.1) is 76.5 Å². The number of nitrogens with one attached hydrogen (secondary N) is 1. The van der Waals surface area contributed by atoms with Crippen LogP contribution in [0.4, 0.5) is 8.78 Å². The van der Waals surface area contributed by atoms with Crippen LogP contribution in [0.2, 0.25) is 10.0 Å². The van der Waals surface area contributed by atoms with Crippen molar-refractivity contribution in [2.75, 3.05) is 13.1 Å². The highest BCUT2D eigenvalue weighted by atomic mass is 35.5. The van der Waals surface area contributed by atoms with Crippen molar-refractivity contribution in [1.29, 1.82) is 0 Å².